The Morgan fingerprint density at radius 3 is 2.60 bits per heavy atom. The van der Waals surface area contributed by atoms with E-state index in [1.807, 2.05) is 0 Å². The summed E-state index contributed by atoms with van der Waals surface area (Å²) >= 11 is 0. The Labute approximate surface area is 150 Å². The smallest absolute Gasteiger partial charge is 0.220 e. The van der Waals surface area contributed by atoms with E-state index in [1.165, 1.54) is 0 Å². The maximum Gasteiger partial charge on any atom is 0.220 e. The van der Waals surface area contributed by atoms with Crippen molar-refractivity contribution in [3.63, 3.8) is 0 Å². The van der Waals surface area contributed by atoms with E-state index in [0.29, 0.717) is 29.3 Å². The van der Waals surface area contributed by atoms with Crippen LogP contribution in [0.2, 0.25) is 0 Å². The Balaban J connectivity index is 1.86. The molecule has 0 aromatic heterocycles. The summed E-state index contributed by atoms with van der Waals surface area (Å²) in [7, 11) is 1.58. The zero-order valence-electron chi connectivity index (χ0n) is 15.7. The summed E-state index contributed by atoms with van der Waals surface area (Å²) in [6.45, 7) is 11.1. The number of carbonyl (C=O) groups excluding carboxylic acids is 2. The van der Waals surface area contributed by atoms with Crippen LogP contribution in [-0.4, -0.2) is 18.7 Å². The number of ether oxygens (including phenoxy) is 1. The number of ketones is 2. The van der Waals surface area contributed by atoms with Crippen LogP contribution in [0.5, 0.6) is 0 Å². The number of allylic oxidation sites excluding steroid dienone is 4. The molecule has 6 atom stereocenters. The van der Waals surface area contributed by atoms with Gasteiger partial charge in [-0.3, -0.25) is 9.59 Å². The van der Waals surface area contributed by atoms with Crippen molar-refractivity contribution < 1.29 is 14.3 Å². The first kappa shape index (κ1) is 16.8. The third-order valence-electron chi connectivity index (χ3n) is 8.03. The summed E-state index contributed by atoms with van der Waals surface area (Å²) in [5.41, 5.74) is 1.65. The van der Waals surface area contributed by atoms with Gasteiger partial charge in [0.15, 0.2) is 5.76 Å². The second-order valence-corrected chi connectivity index (χ2v) is 8.91. The number of carbonyl (C=O) groups is 2. The van der Waals surface area contributed by atoms with Crippen molar-refractivity contribution in [1.29, 1.82) is 0 Å². The van der Waals surface area contributed by atoms with Gasteiger partial charge in [0.25, 0.3) is 0 Å². The molecule has 25 heavy (non-hydrogen) atoms. The van der Waals surface area contributed by atoms with E-state index < -0.39 is 0 Å². The average molecular weight is 340 g/mol. The number of Topliss-reactive ketones (excluding diaryl/α,β-unsaturated/α-hetero) is 1. The summed E-state index contributed by atoms with van der Waals surface area (Å²) < 4.78 is 5.52. The molecule has 4 aliphatic rings. The van der Waals surface area contributed by atoms with E-state index in [4.69, 9.17) is 4.74 Å². The number of fused-ring (bicyclic) bond motifs is 5. The second-order valence-electron chi connectivity index (χ2n) is 8.91. The molecule has 0 aromatic rings. The molecule has 3 saturated carbocycles. The Morgan fingerprint density at radius 1 is 1.20 bits per heavy atom. The van der Waals surface area contributed by atoms with E-state index in [0.717, 1.165) is 36.8 Å². The molecule has 3 fully saturated rings. The van der Waals surface area contributed by atoms with Crippen molar-refractivity contribution in [3.8, 4) is 0 Å². The first-order valence-electron chi connectivity index (χ1n) is 9.50. The van der Waals surface area contributed by atoms with Crippen molar-refractivity contribution in [3.05, 3.63) is 35.6 Å². The van der Waals surface area contributed by atoms with Crippen molar-refractivity contribution in [2.75, 3.05) is 7.11 Å². The lowest BCUT2D eigenvalue weighted by Gasteiger charge is -2.58. The largest absolute Gasteiger partial charge is 0.492 e. The quantitative estimate of drug-likeness (QED) is 0.717. The van der Waals surface area contributed by atoms with E-state index in [2.05, 4.69) is 33.4 Å². The van der Waals surface area contributed by atoms with E-state index in [9.17, 15) is 9.59 Å². The molecule has 0 aromatic carbocycles. The van der Waals surface area contributed by atoms with Gasteiger partial charge in [0, 0.05) is 22.8 Å². The molecule has 0 bridgehead atoms. The topological polar surface area (TPSA) is 43.4 Å². The highest BCUT2D eigenvalue weighted by molar-refractivity contribution is 6.05. The Kier molecular flexibility index (Phi) is 3.49. The minimum Gasteiger partial charge on any atom is -0.492 e. The molecule has 4 rings (SSSR count). The predicted octanol–water partition coefficient (Wildman–Crippen LogP) is 4.25. The standard InChI is InChI=1S/C22H28O3/c1-12-13(2)19-20(25-5)16(23)9-11-22(19,4)15-8-10-21(3)14(18(12)15)6-7-17(21)24/h9,11-12,14-15,18H,2,6-8,10H2,1,3-5H3/t12-,14+,15+,18+,21+,22-/m1/s1. The fourth-order valence-corrected chi connectivity index (χ4v) is 6.60. The van der Waals surface area contributed by atoms with Gasteiger partial charge in [0.2, 0.25) is 5.78 Å². The van der Waals surface area contributed by atoms with Crippen LogP contribution in [0.15, 0.2) is 35.6 Å². The van der Waals surface area contributed by atoms with Crippen LogP contribution in [0.1, 0.15) is 46.5 Å². The molecule has 3 heteroatoms. The molecule has 0 heterocycles. The van der Waals surface area contributed by atoms with Crippen LogP contribution in [-0.2, 0) is 14.3 Å². The van der Waals surface area contributed by atoms with Crippen molar-refractivity contribution in [2.24, 2.45) is 34.5 Å². The third kappa shape index (κ3) is 1.93. The van der Waals surface area contributed by atoms with Crippen LogP contribution < -0.4 is 0 Å². The van der Waals surface area contributed by atoms with Gasteiger partial charge in [-0.05, 0) is 54.6 Å². The fraction of sp³-hybridized carbons (Fsp3) is 0.636. The Hall–Kier alpha value is -1.64. The number of methoxy groups -OCH3 is 1. The minimum atomic E-state index is -0.222. The lowest BCUT2D eigenvalue weighted by molar-refractivity contribution is -0.132. The Bertz CT molecular complexity index is 742. The van der Waals surface area contributed by atoms with Crippen LogP contribution in [0, 0.1) is 34.5 Å². The molecule has 0 amide bonds. The normalized spacial score (nSPS) is 46.0. The van der Waals surface area contributed by atoms with Crippen molar-refractivity contribution in [1.82, 2.24) is 0 Å². The van der Waals surface area contributed by atoms with Gasteiger partial charge in [0.05, 0.1) is 7.11 Å². The molecule has 0 unspecified atom stereocenters. The Morgan fingerprint density at radius 2 is 1.92 bits per heavy atom. The summed E-state index contributed by atoms with van der Waals surface area (Å²) in [5, 5.41) is 0. The minimum absolute atomic E-state index is 0.0570. The number of hydrogen-bond donors (Lipinski definition) is 0. The van der Waals surface area contributed by atoms with Crippen LogP contribution in [0.3, 0.4) is 0 Å². The number of rotatable bonds is 1. The van der Waals surface area contributed by atoms with Crippen molar-refractivity contribution in [2.45, 2.75) is 46.5 Å². The summed E-state index contributed by atoms with van der Waals surface area (Å²) in [6.07, 6.45) is 7.47. The van der Waals surface area contributed by atoms with Crippen LogP contribution >= 0.6 is 0 Å². The van der Waals surface area contributed by atoms with Gasteiger partial charge in [-0.2, -0.15) is 0 Å². The number of hydrogen-bond acceptors (Lipinski definition) is 3. The van der Waals surface area contributed by atoms with Gasteiger partial charge in [-0.25, -0.2) is 0 Å². The molecular formula is C22H28O3. The lowest BCUT2D eigenvalue weighted by atomic mass is 9.45. The maximum atomic E-state index is 12.6. The van der Waals surface area contributed by atoms with Gasteiger partial charge >= 0.3 is 0 Å². The highest BCUT2D eigenvalue weighted by Gasteiger charge is 2.61. The molecule has 3 nitrogen and oxygen atoms in total. The second kappa shape index (κ2) is 5.18. The highest BCUT2D eigenvalue weighted by Crippen LogP contribution is 2.66. The van der Waals surface area contributed by atoms with Crippen LogP contribution in [0.4, 0.5) is 0 Å². The SMILES string of the molecule is C=C1C2=C(OC)C(=O)C=C[C@]2(C)[C@H]2CC[C@]3(C)C(=O)CC[C@H]3[C@@H]2[C@@H]1C. The van der Waals surface area contributed by atoms with Gasteiger partial charge in [0.1, 0.15) is 5.78 Å². The predicted molar refractivity (Wildman–Crippen MR) is 96.6 cm³/mol. The zero-order valence-corrected chi connectivity index (χ0v) is 15.7. The van der Waals surface area contributed by atoms with Gasteiger partial charge < -0.3 is 4.74 Å². The van der Waals surface area contributed by atoms with Crippen LogP contribution in [0.25, 0.3) is 0 Å². The molecule has 4 aliphatic carbocycles. The zero-order chi connectivity index (χ0) is 18.1. The first-order valence-corrected chi connectivity index (χ1v) is 9.50. The molecule has 0 saturated heterocycles. The first-order chi connectivity index (χ1) is 11.8. The lowest BCUT2D eigenvalue weighted by Crippen LogP contribution is -2.53. The third-order valence-corrected chi connectivity index (χ3v) is 8.03. The molecule has 134 valence electrons. The van der Waals surface area contributed by atoms with E-state index in [1.54, 1.807) is 13.2 Å². The van der Waals surface area contributed by atoms with E-state index in [-0.39, 0.29) is 22.5 Å². The summed E-state index contributed by atoms with van der Waals surface area (Å²) in [5.74, 6) is 2.44. The summed E-state index contributed by atoms with van der Waals surface area (Å²) in [4.78, 5) is 24.9. The molecule has 0 spiro atoms. The fourth-order valence-electron chi connectivity index (χ4n) is 6.60. The average Bonchev–Trinajstić information content (AvgIpc) is 2.89. The molecule has 0 N–H and O–H groups in total. The maximum absolute atomic E-state index is 12.6. The monoisotopic (exact) mass is 340 g/mol. The van der Waals surface area contributed by atoms with E-state index >= 15 is 0 Å². The summed E-state index contributed by atoms with van der Waals surface area (Å²) in [6, 6.07) is 0. The van der Waals surface area contributed by atoms with Crippen molar-refractivity contribution >= 4 is 11.6 Å². The van der Waals surface area contributed by atoms with Gasteiger partial charge in [-0.1, -0.05) is 33.4 Å². The molecular weight excluding hydrogens is 312 g/mol. The molecule has 0 radical (unpaired) electrons. The molecule has 0 aliphatic heterocycles. The van der Waals surface area contributed by atoms with Gasteiger partial charge in [-0.15, -0.1) is 0 Å². The highest BCUT2D eigenvalue weighted by atomic mass is 16.5.